The molecule has 0 saturated heterocycles. The highest BCUT2D eigenvalue weighted by molar-refractivity contribution is 7.98. The maximum Gasteiger partial charge on any atom is 0.0803 e. The van der Waals surface area contributed by atoms with Gasteiger partial charge < -0.3 is 5.11 Å². The maximum atomic E-state index is 10.2. The van der Waals surface area contributed by atoms with Crippen molar-refractivity contribution < 1.29 is 5.11 Å². The number of aliphatic hydroxyl groups excluding tert-OH is 1. The summed E-state index contributed by atoms with van der Waals surface area (Å²) in [5.41, 5.74) is 6.20. The van der Waals surface area contributed by atoms with Gasteiger partial charge in [0.25, 0.3) is 0 Å². The van der Waals surface area contributed by atoms with E-state index in [0.717, 1.165) is 17.7 Å². The Morgan fingerprint density at radius 2 is 1.62 bits per heavy atom. The molecule has 0 spiro atoms. The highest BCUT2D eigenvalue weighted by atomic mass is 32.2. The molecule has 1 aromatic carbocycles. The van der Waals surface area contributed by atoms with E-state index in [1.54, 1.807) is 11.8 Å². The van der Waals surface area contributed by atoms with Crippen molar-refractivity contribution in [2.45, 2.75) is 40.2 Å². The summed E-state index contributed by atoms with van der Waals surface area (Å²) in [6.45, 7) is 8.46. The molecule has 1 rings (SSSR count). The van der Waals surface area contributed by atoms with E-state index in [4.69, 9.17) is 0 Å². The fourth-order valence-electron chi connectivity index (χ4n) is 2.12. The first-order valence-corrected chi connectivity index (χ1v) is 7.12. The van der Waals surface area contributed by atoms with Crippen LogP contribution in [0.25, 0.3) is 0 Å². The molecule has 1 aromatic rings. The zero-order valence-corrected chi connectivity index (χ0v) is 11.7. The van der Waals surface area contributed by atoms with E-state index in [9.17, 15) is 5.11 Å². The standard InChI is InChI=1S/C14H22OS/c1-9-8-10(2)12(4)14(11(9)3)13(15)6-7-16-5/h8,13,15H,6-7H2,1-5H3. The smallest absolute Gasteiger partial charge is 0.0803 e. The average Bonchev–Trinajstić information content (AvgIpc) is 2.24. The average molecular weight is 238 g/mol. The second-order valence-electron chi connectivity index (χ2n) is 4.47. The Morgan fingerprint density at radius 3 is 2.06 bits per heavy atom. The molecule has 0 aromatic heterocycles. The van der Waals surface area contributed by atoms with E-state index in [0.29, 0.717) is 0 Å². The van der Waals surface area contributed by atoms with Gasteiger partial charge in [-0.3, -0.25) is 0 Å². The molecule has 0 aliphatic carbocycles. The lowest BCUT2D eigenvalue weighted by molar-refractivity contribution is 0.173. The molecule has 1 N–H and O–H groups in total. The third kappa shape index (κ3) is 2.80. The van der Waals surface area contributed by atoms with Crippen molar-refractivity contribution in [1.29, 1.82) is 0 Å². The summed E-state index contributed by atoms with van der Waals surface area (Å²) < 4.78 is 0. The van der Waals surface area contributed by atoms with Crippen LogP contribution in [0.4, 0.5) is 0 Å². The summed E-state index contributed by atoms with van der Waals surface area (Å²) in [4.78, 5) is 0. The highest BCUT2D eigenvalue weighted by Crippen LogP contribution is 2.29. The van der Waals surface area contributed by atoms with Gasteiger partial charge in [0.05, 0.1) is 6.10 Å². The Bertz CT molecular complexity index is 345. The highest BCUT2D eigenvalue weighted by Gasteiger charge is 2.15. The van der Waals surface area contributed by atoms with E-state index in [2.05, 4.69) is 40.0 Å². The number of aryl methyl sites for hydroxylation is 2. The molecule has 0 aliphatic heterocycles. The zero-order valence-electron chi connectivity index (χ0n) is 10.9. The molecule has 1 nitrogen and oxygen atoms in total. The van der Waals surface area contributed by atoms with Crippen molar-refractivity contribution in [2.24, 2.45) is 0 Å². The molecule has 0 fully saturated rings. The van der Waals surface area contributed by atoms with Gasteiger partial charge >= 0.3 is 0 Å². The normalized spacial score (nSPS) is 12.9. The van der Waals surface area contributed by atoms with Gasteiger partial charge in [-0.15, -0.1) is 0 Å². The summed E-state index contributed by atoms with van der Waals surface area (Å²) in [5, 5.41) is 10.2. The summed E-state index contributed by atoms with van der Waals surface area (Å²) in [6.07, 6.45) is 2.60. The molecule has 0 radical (unpaired) electrons. The lowest BCUT2D eigenvalue weighted by atomic mass is 9.90. The van der Waals surface area contributed by atoms with Crippen LogP contribution in [-0.2, 0) is 0 Å². The Hall–Kier alpha value is -0.470. The largest absolute Gasteiger partial charge is 0.388 e. The number of hydrogen-bond donors (Lipinski definition) is 1. The summed E-state index contributed by atoms with van der Waals surface area (Å²) in [6, 6.07) is 2.20. The van der Waals surface area contributed by atoms with Crippen LogP contribution in [0, 0.1) is 27.7 Å². The van der Waals surface area contributed by atoms with Gasteiger partial charge in [0.2, 0.25) is 0 Å². The summed E-state index contributed by atoms with van der Waals surface area (Å²) in [5.74, 6) is 1.01. The Labute approximate surface area is 103 Å². The van der Waals surface area contributed by atoms with Crippen LogP contribution in [-0.4, -0.2) is 17.1 Å². The molecule has 90 valence electrons. The monoisotopic (exact) mass is 238 g/mol. The first kappa shape index (κ1) is 13.6. The van der Waals surface area contributed by atoms with Gasteiger partial charge in [0, 0.05) is 0 Å². The van der Waals surface area contributed by atoms with Crippen LogP contribution in [0.3, 0.4) is 0 Å². The molecule has 0 saturated carbocycles. The molecule has 1 atom stereocenters. The quantitative estimate of drug-likeness (QED) is 0.863. The van der Waals surface area contributed by atoms with Crippen LogP contribution in [0.1, 0.15) is 40.3 Å². The summed E-state index contributed by atoms with van der Waals surface area (Å²) >= 11 is 1.78. The van der Waals surface area contributed by atoms with Gasteiger partial charge in [-0.2, -0.15) is 11.8 Å². The molecule has 0 aliphatic rings. The van der Waals surface area contributed by atoms with Crippen molar-refractivity contribution in [3.05, 3.63) is 33.9 Å². The molecule has 0 amide bonds. The molecule has 2 heteroatoms. The van der Waals surface area contributed by atoms with Crippen LogP contribution in [0.2, 0.25) is 0 Å². The molecular formula is C14H22OS. The molecule has 16 heavy (non-hydrogen) atoms. The predicted molar refractivity (Wildman–Crippen MR) is 73.3 cm³/mol. The van der Waals surface area contributed by atoms with Crippen LogP contribution in [0.15, 0.2) is 6.07 Å². The van der Waals surface area contributed by atoms with Gasteiger partial charge in [-0.05, 0) is 73.9 Å². The first-order chi connectivity index (χ1) is 7.49. The zero-order chi connectivity index (χ0) is 12.3. The molecule has 0 bridgehead atoms. The molecule has 0 heterocycles. The van der Waals surface area contributed by atoms with Crippen LogP contribution < -0.4 is 0 Å². The van der Waals surface area contributed by atoms with E-state index >= 15 is 0 Å². The van der Waals surface area contributed by atoms with Crippen molar-refractivity contribution in [3.63, 3.8) is 0 Å². The third-order valence-electron chi connectivity index (χ3n) is 3.35. The van der Waals surface area contributed by atoms with Gasteiger partial charge in [0.1, 0.15) is 0 Å². The molecular weight excluding hydrogens is 216 g/mol. The number of benzene rings is 1. The summed E-state index contributed by atoms with van der Waals surface area (Å²) in [7, 11) is 0. The number of thioether (sulfide) groups is 1. The van der Waals surface area contributed by atoms with Crippen molar-refractivity contribution in [1.82, 2.24) is 0 Å². The maximum absolute atomic E-state index is 10.2. The Balaban J connectivity index is 3.11. The minimum Gasteiger partial charge on any atom is -0.388 e. The van der Waals surface area contributed by atoms with Gasteiger partial charge in [0.15, 0.2) is 0 Å². The van der Waals surface area contributed by atoms with Crippen molar-refractivity contribution >= 4 is 11.8 Å². The van der Waals surface area contributed by atoms with Crippen LogP contribution in [0.5, 0.6) is 0 Å². The minimum atomic E-state index is -0.314. The minimum absolute atomic E-state index is 0.314. The third-order valence-corrected chi connectivity index (χ3v) is 4.00. The van der Waals surface area contributed by atoms with E-state index in [1.165, 1.54) is 22.3 Å². The lowest BCUT2D eigenvalue weighted by Gasteiger charge is -2.20. The van der Waals surface area contributed by atoms with Gasteiger partial charge in [-0.1, -0.05) is 6.07 Å². The number of rotatable bonds is 4. The first-order valence-electron chi connectivity index (χ1n) is 5.73. The second kappa shape index (κ2) is 5.74. The predicted octanol–water partition coefficient (Wildman–Crippen LogP) is 3.71. The fourth-order valence-corrected chi connectivity index (χ4v) is 2.58. The SMILES string of the molecule is CSCCC(O)c1c(C)c(C)cc(C)c1C. The topological polar surface area (TPSA) is 20.2 Å². The Kier molecular flexibility index (Phi) is 4.88. The lowest BCUT2D eigenvalue weighted by Crippen LogP contribution is -2.07. The van der Waals surface area contributed by atoms with E-state index < -0.39 is 0 Å². The Morgan fingerprint density at radius 1 is 1.12 bits per heavy atom. The van der Waals surface area contributed by atoms with Crippen molar-refractivity contribution in [2.75, 3.05) is 12.0 Å². The number of aliphatic hydroxyl groups is 1. The van der Waals surface area contributed by atoms with Crippen LogP contribution >= 0.6 is 11.8 Å². The van der Waals surface area contributed by atoms with E-state index in [1.807, 2.05) is 0 Å². The van der Waals surface area contributed by atoms with E-state index in [-0.39, 0.29) is 6.10 Å². The van der Waals surface area contributed by atoms with Crippen molar-refractivity contribution in [3.8, 4) is 0 Å². The fraction of sp³-hybridized carbons (Fsp3) is 0.571. The van der Waals surface area contributed by atoms with Gasteiger partial charge in [-0.25, -0.2) is 0 Å². The molecule has 1 unspecified atom stereocenters. The second-order valence-corrected chi connectivity index (χ2v) is 5.46. The number of hydrogen-bond acceptors (Lipinski definition) is 2.